The molecular weight excluding hydrogens is 300 g/mol. The number of halogens is 2. The first-order valence-corrected chi connectivity index (χ1v) is 6.43. The molecule has 0 atom stereocenters. The van der Waals surface area contributed by atoms with Gasteiger partial charge in [-0.2, -0.15) is 0 Å². The monoisotopic (exact) mass is 310 g/mol. The smallest absolute Gasteiger partial charge is 0.161 e. The first-order chi connectivity index (χ1) is 7.99. The summed E-state index contributed by atoms with van der Waals surface area (Å²) < 4.78 is 1.05. The molecule has 88 valence electrons. The Bertz CT molecular complexity index is 559. The topological polar surface area (TPSA) is 25.8 Å². The summed E-state index contributed by atoms with van der Waals surface area (Å²) in [6.45, 7) is 5.91. The zero-order chi connectivity index (χ0) is 12.6. The molecule has 0 aliphatic heterocycles. The molecule has 0 aliphatic rings. The molecule has 0 saturated heterocycles. The minimum absolute atomic E-state index is 0.518. The fraction of sp³-hybridized carbons (Fsp3) is 0.231. The van der Waals surface area contributed by atoms with Crippen LogP contribution in [-0.2, 0) is 0 Å². The zero-order valence-corrected chi connectivity index (χ0v) is 12.2. The third kappa shape index (κ3) is 2.50. The molecule has 1 aromatic heterocycles. The molecule has 0 aliphatic carbocycles. The molecule has 0 spiro atoms. The number of aryl methyl sites for hydroxylation is 2. The Morgan fingerprint density at radius 3 is 2.41 bits per heavy atom. The van der Waals surface area contributed by atoms with Crippen LogP contribution in [0, 0.1) is 20.8 Å². The Morgan fingerprint density at radius 1 is 1.12 bits per heavy atom. The van der Waals surface area contributed by atoms with E-state index in [1.54, 1.807) is 0 Å². The van der Waals surface area contributed by atoms with Crippen LogP contribution in [0.5, 0.6) is 0 Å². The van der Waals surface area contributed by atoms with E-state index < -0.39 is 0 Å². The van der Waals surface area contributed by atoms with Crippen molar-refractivity contribution in [1.29, 1.82) is 0 Å². The molecule has 0 N–H and O–H groups in total. The van der Waals surface area contributed by atoms with Gasteiger partial charge in [0.25, 0.3) is 0 Å². The van der Waals surface area contributed by atoms with E-state index in [1.165, 1.54) is 5.56 Å². The average Bonchev–Trinajstić information content (AvgIpc) is 2.29. The minimum atomic E-state index is 0.518. The molecule has 2 nitrogen and oxygen atoms in total. The van der Waals surface area contributed by atoms with Gasteiger partial charge in [0.1, 0.15) is 5.15 Å². The molecular formula is C13H12BrClN2. The second-order valence-electron chi connectivity index (χ2n) is 4.01. The van der Waals surface area contributed by atoms with Crippen molar-refractivity contribution < 1.29 is 0 Å². The fourth-order valence-corrected chi connectivity index (χ4v) is 2.05. The Kier molecular flexibility index (Phi) is 3.50. The van der Waals surface area contributed by atoms with Gasteiger partial charge in [-0.3, -0.25) is 0 Å². The van der Waals surface area contributed by atoms with Gasteiger partial charge in [0.2, 0.25) is 0 Å². The molecule has 0 amide bonds. The lowest BCUT2D eigenvalue weighted by molar-refractivity contribution is 1.07. The Labute approximate surface area is 114 Å². The summed E-state index contributed by atoms with van der Waals surface area (Å²) >= 11 is 9.58. The van der Waals surface area contributed by atoms with Crippen LogP contribution < -0.4 is 0 Å². The highest BCUT2D eigenvalue weighted by Gasteiger charge is 2.08. The van der Waals surface area contributed by atoms with E-state index in [0.717, 1.165) is 21.3 Å². The van der Waals surface area contributed by atoms with E-state index in [-0.39, 0.29) is 0 Å². The maximum Gasteiger partial charge on any atom is 0.161 e. The van der Waals surface area contributed by atoms with Gasteiger partial charge in [0.15, 0.2) is 5.82 Å². The second kappa shape index (κ2) is 4.75. The second-order valence-corrected chi connectivity index (χ2v) is 5.22. The summed E-state index contributed by atoms with van der Waals surface area (Å²) in [5.41, 5.74) is 3.99. The Hall–Kier alpha value is -0.930. The highest BCUT2D eigenvalue weighted by molar-refractivity contribution is 9.10. The van der Waals surface area contributed by atoms with Crippen LogP contribution >= 0.6 is 27.5 Å². The molecule has 2 rings (SSSR count). The van der Waals surface area contributed by atoms with E-state index in [1.807, 2.05) is 39.0 Å². The van der Waals surface area contributed by atoms with E-state index in [0.29, 0.717) is 11.0 Å². The van der Waals surface area contributed by atoms with Crippen molar-refractivity contribution in [2.75, 3.05) is 0 Å². The number of benzene rings is 1. The lowest BCUT2D eigenvalue weighted by Gasteiger charge is -2.07. The summed E-state index contributed by atoms with van der Waals surface area (Å²) in [6, 6.07) is 6.04. The lowest BCUT2D eigenvalue weighted by atomic mass is 10.1. The molecule has 4 heteroatoms. The normalized spacial score (nSPS) is 10.6. The fourth-order valence-electron chi connectivity index (χ4n) is 1.45. The molecule has 0 radical (unpaired) electrons. The maximum absolute atomic E-state index is 6.08. The van der Waals surface area contributed by atoms with E-state index in [9.17, 15) is 0 Å². The van der Waals surface area contributed by atoms with Crippen molar-refractivity contribution in [3.8, 4) is 11.4 Å². The van der Waals surface area contributed by atoms with Crippen molar-refractivity contribution in [3.63, 3.8) is 0 Å². The van der Waals surface area contributed by atoms with Gasteiger partial charge in [-0.05, 0) is 32.4 Å². The minimum Gasteiger partial charge on any atom is -0.233 e. The first-order valence-electron chi connectivity index (χ1n) is 5.26. The highest BCUT2D eigenvalue weighted by atomic mass is 79.9. The maximum atomic E-state index is 6.08. The van der Waals surface area contributed by atoms with Crippen LogP contribution in [0.4, 0.5) is 0 Å². The van der Waals surface area contributed by atoms with E-state index in [2.05, 4.69) is 25.9 Å². The lowest BCUT2D eigenvalue weighted by Crippen LogP contribution is -1.96. The molecule has 0 fully saturated rings. The molecule has 0 saturated carbocycles. The summed E-state index contributed by atoms with van der Waals surface area (Å²) in [5.74, 6) is 0.666. The van der Waals surface area contributed by atoms with Crippen LogP contribution in [0.2, 0.25) is 5.15 Å². The van der Waals surface area contributed by atoms with Crippen LogP contribution in [0.25, 0.3) is 11.4 Å². The SMILES string of the molecule is Cc1ccc(-c2nc(C)c(C)c(Cl)n2)cc1Br. The van der Waals surface area contributed by atoms with Gasteiger partial charge in [-0.15, -0.1) is 0 Å². The highest BCUT2D eigenvalue weighted by Crippen LogP contribution is 2.25. The van der Waals surface area contributed by atoms with Gasteiger partial charge in [0.05, 0.1) is 0 Å². The number of hydrogen-bond donors (Lipinski definition) is 0. The predicted molar refractivity (Wildman–Crippen MR) is 74.4 cm³/mol. The van der Waals surface area contributed by atoms with E-state index in [4.69, 9.17) is 11.6 Å². The van der Waals surface area contributed by atoms with Crippen LogP contribution in [0.3, 0.4) is 0 Å². The van der Waals surface area contributed by atoms with Crippen LogP contribution in [0.15, 0.2) is 22.7 Å². The van der Waals surface area contributed by atoms with Gasteiger partial charge < -0.3 is 0 Å². The van der Waals surface area contributed by atoms with Crippen molar-refractivity contribution >= 4 is 27.5 Å². The molecule has 0 bridgehead atoms. The van der Waals surface area contributed by atoms with Gasteiger partial charge in [0, 0.05) is 21.3 Å². The molecule has 0 unspecified atom stereocenters. The third-order valence-electron chi connectivity index (χ3n) is 2.76. The summed E-state index contributed by atoms with van der Waals surface area (Å²) in [5, 5.41) is 0.518. The number of aromatic nitrogens is 2. The van der Waals surface area contributed by atoms with Crippen molar-refractivity contribution in [1.82, 2.24) is 9.97 Å². The van der Waals surface area contributed by atoms with E-state index >= 15 is 0 Å². The predicted octanol–water partition coefficient (Wildman–Crippen LogP) is 4.48. The zero-order valence-electron chi connectivity index (χ0n) is 9.88. The van der Waals surface area contributed by atoms with Gasteiger partial charge >= 0.3 is 0 Å². The van der Waals surface area contributed by atoms with Crippen molar-refractivity contribution in [3.05, 3.63) is 44.6 Å². The summed E-state index contributed by atoms with van der Waals surface area (Å²) in [6.07, 6.45) is 0. The Morgan fingerprint density at radius 2 is 1.82 bits per heavy atom. The van der Waals surface area contributed by atoms with Crippen LogP contribution in [0.1, 0.15) is 16.8 Å². The Balaban J connectivity index is 2.57. The van der Waals surface area contributed by atoms with Crippen LogP contribution in [-0.4, -0.2) is 9.97 Å². The number of rotatable bonds is 1. The van der Waals surface area contributed by atoms with Gasteiger partial charge in [-0.25, -0.2) is 9.97 Å². The quantitative estimate of drug-likeness (QED) is 0.725. The van der Waals surface area contributed by atoms with Crippen molar-refractivity contribution in [2.45, 2.75) is 20.8 Å². The number of hydrogen-bond acceptors (Lipinski definition) is 2. The molecule has 17 heavy (non-hydrogen) atoms. The molecule has 1 aromatic carbocycles. The third-order valence-corrected chi connectivity index (χ3v) is 3.98. The van der Waals surface area contributed by atoms with Crippen molar-refractivity contribution in [2.24, 2.45) is 0 Å². The standard InChI is InChI=1S/C13H12BrClN2/c1-7-4-5-10(6-11(7)14)13-16-9(3)8(2)12(15)17-13/h4-6H,1-3H3. The van der Waals surface area contributed by atoms with Gasteiger partial charge in [-0.1, -0.05) is 39.7 Å². The average molecular weight is 312 g/mol. The summed E-state index contributed by atoms with van der Waals surface area (Å²) in [7, 11) is 0. The first kappa shape index (κ1) is 12.5. The molecule has 1 heterocycles. The molecule has 2 aromatic rings. The number of nitrogens with zero attached hydrogens (tertiary/aromatic N) is 2. The summed E-state index contributed by atoms with van der Waals surface area (Å²) in [4.78, 5) is 8.77. The largest absolute Gasteiger partial charge is 0.233 e.